The maximum absolute atomic E-state index is 9.72. The SMILES string of the molecule is Oc1cc(Br)cn2nc3[nH]ncc3c12. The van der Waals surface area contributed by atoms with Gasteiger partial charge in [0.2, 0.25) is 0 Å². The maximum atomic E-state index is 9.72. The molecule has 0 aliphatic carbocycles. The summed E-state index contributed by atoms with van der Waals surface area (Å²) in [6.45, 7) is 0. The van der Waals surface area contributed by atoms with Gasteiger partial charge in [0.15, 0.2) is 5.65 Å². The highest BCUT2D eigenvalue weighted by Gasteiger charge is 2.10. The van der Waals surface area contributed by atoms with Gasteiger partial charge in [-0.2, -0.15) is 5.10 Å². The summed E-state index contributed by atoms with van der Waals surface area (Å²) in [5.41, 5.74) is 1.33. The molecule has 0 aromatic carbocycles. The van der Waals surface area contributed by atoms with E-state index in [0.29, 0.717) is 11.2 Å². The molecule has 3 rings (SSSR count). The molecule has 0 saturated carbocycles. The molecule has 3 heterocycles. The molecule has 0 aliphatic heterocycles. The lowest BCUT2D eigenvalue weighted by Crippen LogP contribution is -1.87. The Morgan fingerprint density at radius 3 is 3.21 bits per heavy atom. The number of pyridine rings is 1. The topological polar surface area (TPSA) is 66.2 Å². The van der Waals surface area contributed by atoms with Gasteiger partial charge in [0.05, 0.1) is 11.6 Å². The molecule has 2 N–H and O–H groups in total. The van der Waals surface area contributed by atoms with Crippen LogP contribution in [0.25, 0.3) is 16.6 Å². The van der Waals surface area contributed by atoms with Crippen LogP contribution in [0.4, 0.5) is 0 Å². The third-order valence-corrected chi connectivity index (χ3v) is 2.51. The minimum atomic E-state index is 0.184. The van der Waals surface area contributed by atoms with Crippen molar-refractivity contribution in [3.8, 4) is 5.75 Å². The number of H-pyrrole nitrogens is 1. The molecular formula is C8H5BrN4O. The van der Waals surface area contributed by atoms with E-state index in [2.05, 4.69) is 31.2 Å². The first kappa shape index (κ1) is 7.81. The summed E-state index contributed by atoms with van der Waals surface area (Å²) in [6, 6.07) is 1.63. The molecule has 0 saturated heterocycles. The Morgan fingerprint density at radius 2 is 2.36 bits per heavy atom. The smallest absolute Gasteiger partial charge is 0.178 e. The molecule has 0 atom stereocenters. The number of aromatic nitrogens is 4. The van der Waals surface area contributed by atoms with Crippen molar-refractivity contribution in [3.63, 3.8) is 0 Å². The van der Waals surface area contributed by atoms with Gasteiger partial charge in [-0.15, -0.1) is 5.10 Å². The molecule has 0 aliphatic rings. The van der Waals surface area contributed by atoms with Gasteiger partial charge >= 0.3 is 0 Å². The molecule has 3 aromatic heterocycles. The van der Waals surface area contributed by atoms with Crippen LogP contribution in [0.2, 0.25) is 0 Å². The number of fused-ring (bicyclic) bond motifs is 3. The minimum Gasteiger partial charge on any atom is -0.506 e. The number of rotatable bonds is 0. The Balaban J connectivity index is 2.62. The largest absolute Gasteiger partial charge is 0.506 e. The van der Waals surface area contributed by atoms with Crippen LogP contribution in [0.1, 0.15) is 0 Å². The fourth-order valence-electron chi connectivity index (χ4n) is 1.51. The molecule has 14 heavy (non-hydrogen) atoms. The molecule has 3 aromatic rings. The predicted octanol–water partition coefficient (Wildman–Crippen LogP) is 1.68. The second-order valence-electron chi connectivity index (χ2n) is 2.97. The molecule has 0 bridgehead atoms. The van der Waals surface area contributed by atoms with Crippen molar-refractivity contribution in [1.29, 1.82) is 0 Å². The quantitative estimate of drug-likeness (QED) is 0.640. The Kier molecular flexibility index (Phi) is 1.38. The fraction of sp³-hybridized carbons (Fsp3) is 0. The van der Waals surface area contributed by atoms with Crippen molar-refractivity contribution in [1.82, 2.24) is 19.8 Å². The number of hydrogen-bond donors (Lipinski definition) is 2. The van der Waals surface area contributed by atoms with Crippen molar-refractivity contribution < 1.29 is 5.11 Å². The Morgan fingerprint density at radius 1 is 1.50 bits per heavy atom. The molecule has 0 spiro atoms. The standard InChI is InChI=1S/C8H5BrN4O/c9-4-1-6(14)7-5-2-10-11-8(5)12-13(7)3-4/h1-3,14H,(H,11,12). The summed E-state index contributed by atoms with van der Waals surface area (Å²) in [6.07, 6.45) is 3.42. The zero-order chi connectivity index (χ0) is 9.71. The average molecular weight is 253 g/mol. The molecule has 70 valence electrons. The van der Waals surface area contributed by atoms with Gasteiger partial charge in [-0.25, -0.2) is 4.52 Å². The van der Waals surface area contributed by atoms with Gasteiger partial charge in [-0.05, 0) is 22.0 Å². The van der Waals surface area contributed by atoms with Crippen LogP contribution >= 0.6 is 15.9 Å². The van der Waals surface area contributed by atoms with E-state index < -0.39 is 0 Å². The highest BCUT2D eigenvalue weighted by atomic mass is 79.9. The van der Waals surface area contributed by atoms with E-state index in [1.54, 1.807) is 23.0 Å². The monoisotopic (exact) mass is 252 g/mol. The second-order valence-corrected chi connectivity index (χ2v) is 3.88. The van der Waals surface area contributed by atoms with E-state index in [1.807, 2.05) is 0 Å². The van der Waals surface area contributed by atoms with Crippen LogP contribution in [0, 0.1) is 0 Å². The number of nitrogens with one attached hydrogen (secondary N) is 1. The van der Waals surface area contributed by atoms with E-state index >= 15 is 0 Å². The minimum absolute atomic E-state index is 0.184. The van der Waals surface area contributed by atoms with E-state index in [9.17, 15) is 5.11 Å². The van der Waals surface area contributed by atoms with Crippen LogP contribution in [-0.4, -0.2) is 24.9 Å². The normalized spacial score (nSPS) is 11.5. The van der Waals surface area contributed by atoms with Gasteiger partial charge in [0, 0.05) is 10.7 Å². The number of nitrogens with zero attached hydrogens (tertiary/aromatic N) is 3. The Labute approximate surface area is 86.5 Å². The predicted molar refractivity (Wildman–Crippen MR) is 54.2 cm³/mol. The molecule has 0 unspecified atom stereocenters. The number of aromatic amines is 1. The van der Waals surface area contributed by atoms with Crippen LogP contribution in [0.5, 0.6) is 5.75 Å². The molecule has 0 fully saturated rings. The van der Waals surface area contributed by atoms with E-state index in [1.165, 1.54) is 0 Å². The van der Waals surface area contributed by atoms with E-state index in [0.717, 1.165) is 9.86 Å². The zero-order valence-corrected chi connectivity index (χ0v) is 8.48. The lowest BCUT2D eigenvalue weighted by atomic mass is 10.3. The van der Waals surface area contributed by atoms with Crippen molar-refractivity contribution >= 4 is 32.5 Å². The summed E-state index contributed by atoms with van der Waals surface area (Å²) in [4.78, 5) is 0. The highest BCUT2D eigenvalue weighted by Crippen LogP contribution is 2.28. The molecule has 5 nitrogen and oxygen atoms in total. The molecular weight excluding hydrogens is 248 g/mol. The van der Waals surface area contributed by atoms with Crippen LogP contribution in [0.3, 0.4) is 0 Å². The summed E-state index contributed by atoms with van der Waals surface area (Å²) >= 11 is 3.28. The summed E-state index contributed by atoms with van der Waals surface area (Å²) in [7, 11) is 0. The highest BCUT2D eigenvalue weighted by molar-refractivity contribution is 9.10. The van der Waals surface area contributed by atoms with Gasteiger partial charge in [0.25, 0.3) is 0 Å². The van der Waals surface area contributed by atoms with Crippen LogP contribution in [-0.2, 0) is 0 Å². The first-order valence-electron chi connectivity index (χ1n) is 3.95. The van der Waals surface area contributed by atoms with Crippen molar-refractivity contribution in [2.75, 3.05) is 0 Å². The number of aromatic hydroxyl groups is 1. The van der Waals surface area contributed by atoms with E-state index in [4.69, 9.17) is 0 Å². The number of hydrogen-bond acceptors (Lipinski definition) is 3. The lowest BCUT2D eigenvalue weighted by molar-refractivity contribution is 0.478. The van der Waals surface area contributed by atoms with E-state index in [-0.39, 0.29) is 5.75 Å². The van der Waals surface area contributed by atoms with Crippen LogP contribution in [0.15, 0.2) is 22.9 Å². The van der Waals surface area contributed by atoms with Gasteiger partial charge in [-0.1, -0.05) is 0 Å². The van der Waals surface area contributed by atoms with Gasteiger partial charge in [-0.3, -0.25) is 5.10 Å². The Hall–Kier alpha value is -1.56. The van der Waals surface area contributed by atoms with Crippen molar-refractivity contribution in [3.05, 3.63) is 22.9 Å². The lowest BCUT2D eigenvalue weighted by Gasteiger charge is -1.97. The first-order valence-corrected chi connectivity index (χ1v) is 4.75. The third-order valence-electron chi connectivity index (χ3n) is 2.07. The zero-order valence-electron chi connectivity index (χ0n) is 6.90. The average Bonchev–Trinajstić information content (AvgIpc) is 2.60. The first-order chi connectivity index (χ1) is 6.75. The van der Waals surface area contributed by atoms with Gasteiger partial charge < -0.3 is 5.11 Å². The van der Waals surface area contributed by atoms with Crippen LogP contribution < -0.4 is 0 Å². The maximum Gasteiger partial charge on any atom is 0.178 e. The van der Waals surface area contributed by atoms with Gasteiger partial charge in [0.1, 0.15) is 11.3 Å². The van der Waals surface area contributed by atoms with Crippen molar-refractivity contribution in [2.24, 2.45) is 0 Å². The fourth-order valence-corrected chi connectivity index (χ4v) is 1.92. The summed E-state index contributed by atoms with van der Waals surface area (Å²) in [5, 5.41) is 21.3. The summed E-state index contributed by atoms with van der Waals surface area (Å²) < 4.78 is 2.39. The summed E-state index contributed by atoms with van der Waals surface area (Å²) in [5.74, 6) is 0.184. The molecule has 6 heteroatoms. The third kappa shape index (κ3) is 0.884. The number of halogens is 1. The molecule has 0 amide bonds. The molecule has 0 radical (unpaired) electrons. The van der Waals surface area contributed by atoms with Crippen molar-refractivity contribution in [2.45, 2.75) is 0 Å². The Bertz CT molecular complexity index is 627. The second kappa shape index (κ2) is 2.48.